The maximum absolute atomic E-state index is 12.4. The fraction of sp³-hybridized carbons (Fsp3) is 0.438. The van der Waals surface area contributed by atoms with Gasteiger partial charge < -0.3 is 0 Å². The van der Waals surface area contributed by atoms with Crippen LogP contribution in [0.2, 0.25) is 0 Å². The van der Waals surface area contributed by atoms with Crippen LogP contribution < -0.4 is 11.0 Å². The molecule has 1 amide bonds. The molecule has 0 saturated carbocycles. The number of aryl methyl sites for hydroxylation is 1. The standard InChI is InChI=1S/C16H18N6O2S3/c23-13(9-22-16(24)21-7-3-1-2-6-12(21)20-22)17-14-18-19-15(27-14)26-10-11-5-4-8-25-11/h4-5,8H,1-3,6-7,9-10H2,(H,17,18,23). The van der Waals surface area contributed by atoms with E-state index in [9.17, 15) is 9.59 Å². The van der Waals surface area contributed by atoms with Gasteiger partial charge in [0.2, 0.25) is 11.0 Å². The van der Waals surface area contributed by atoms with Gasteiger partial charge >= 0.3 is 5.69 Å². The number of hydrogen-bond donors (Lipinski definition) is 1. The molecule has 1 aliphatic heterocycles. The molecule has 3 aromatic rings. The number of anilines is 1. The zero-order chi connectivity index (χ0) is 18.6. The van der Waals surface area contributed by atoms with E-state index in [1.54, 1.807) is 27.7 Å². The molecule has 0 radical (unpaired) electrons. The fourth-order valence-corrected chi connectivity index (χ4v) is 5.41. The molecule has 27 heavy (non-hydrogen) atoms. The lowest BCUT2D eigenvalue weighted by atomic mass is 10.2. The first-order valence-electron chi connectivity index (χ1n) is 8.64. The van der Waals surface area contributed by atoms with Gasteiger partial charge in [-0.25, -0.2) is 9.48 Å². The van der Waals surface area contributed by atoms with Crippen molar-refractivity contribution >= 4 is 45.5 Å². The van der Waals surface area contributed by atoms with Crippen LogP contribution >= 0.6 is 34.4 Å². The number of hydrogen-bond acceptors (Lipinski definition) is 8. The van der Waals surface area contributed by atoms with Gasteiger partial charge in [0.15, 0.2) is 4.34 Å². The number of rotatable bonds is 6. The van der Waals surface area contributed by atoms with Crippen LogP contribution in [0.15, 0.2) is 26.6 Å². The summed E-state index contributed by atoms with van der Waals surface area (Å²) in [6.07, 6.45) is 3.89. The van der Waals surface area contributed by atoms with Gasteiger partial charge in [0.05, 0.1) is 0 Å². The molecular weight excluding hydrogens is 404 g/mol. The van der Waals surface area contributed by atoms with E-state index < -0.39 is 0 Å². The maximum atomic E-state index is 12.4. The Morgan fingerprint density at radius 2 is 2.22 bits per heavy atom. The van der Waals surface area contributed by atoms with E-state index in [-0.39, 0.29) is 18.1 Å². The van der Waals surface area contributed by atoms with E-state index in [4.69, 9.17) is 0 Å². The first kappa shape index (κ1) is 18.4. The zero-order valence-corrected chi connectivity index (χ0v) is 16.9. The van der Waals surface area contributed by atoms with E-state index >= 15 is 0 Å². The number of thioether (sulfide) groups is 1. The molecule has 1 N–H and O–H groups in total. The molecular formula is C16H18N6O2S3. The van der Waals surface area contributed by atoms with Gasteiger partial charge in [-0.1, -0.05) is 35.6 Å². The van der Waals surface area contributed by atoms with Crippen molar-refractivity contribution in [1.82, 2.24) is 24.5 Å². The van der Waals surface area contributed by atoms with Crippen molar-refractivity contribution < 1.29 is 4.79 Å². The number of fused-ring (bicyclic) bond motifs is 1. The Labute approximate surface area is 167 Å². The first-order valence-corrected chi connectivity index (χ1v) is 11.3. The van der Waals surface area contributed by atoms with Crippen LogP contribution in [-0.2, 0) is 30.1 Å². The molecule has 1 aliphatic rings. The lowest BCUT2D eigenvalue weighted by Crippen LogP contribution is -2.30. The van der Waals surface area contributed by atoms with Gasteiger partial charge in [0.25, 0.3) is 0 Å². The number of carbonyl (C=O) groups excluding carboxylic acids is 1. The van der Waals surface area contributed by atoms with Crippen molar-refractivity contribution in [2.45, 2.75) is 48.9 Å². The molecule has 3 aromatic heterocycles. The fourth-order valence-electron chi connectivity index (χ4n) is 2.87. The number of thiophene rings is 1. The Hall–Kier alpha value is -1.98. The third-order valence-electron chi connectivity index (χ3n) is 4.15. The molecule has 4 rings (SSSR count). The molecule has 8 nitrogen and oxygen atoms in total. The molecule has 0 spiro atoms. The summed E-state index contributed by atoms with van der Waals surface area (Å²) in [5, 5.41) is 17.6. The van der Waals surface area contributed by atoms with Crippen molar-refractivity contribution in [2.24, 2.45) is 0 Å². The molecule has 11 heteroatoms. The van der Waals surface area contributed by atoms with Crippen LogP contribution in [0.25, 0.3) is 0 Å². The summed E-state index contributed by atoms with van der Waals surface area (Å²) >= 11 is 4.61. The molecule has 0 aromatic carbocycles. The Kier molecular flexibility index (Phi) is 5.69. The van der Waals surface area contributed by atoms with Crippen molar-refractivity contribution in [3.63, 3.8) is 0 Å². The smallest absolute Gasteiger partial charge is 0.299 e. The van der Waals surface area contributed by atoms with Gasteiger partial charge in [0.1, 0.15) is 12.4 Å². The van der Waals surface area contributed by atoms with Crippen molar-refractivity contribution in [2.75, 3.05) is 5.32 Å². The summed E-state index contributed by atoms with van der Waals surface area (Å²) in [5.74, 6) is 1.28. The number of carbonyl (C=O) groups is 1. The van der Waals surface area contributed by atoms with E-state index in [1.807, 2.05) is 11.4 Å². The average Bonchev–Trinajstić information content (AvgIpc) is 3.34. The number of amides is 1. The van der Waals surface area contributed by atoms with Gasteiger partial charge in [-0.05, 0) is 24.3 Å². The average molecular weight is 423 g/mol. The molecule has 0 bridgehead atoms. The highest BCUT2D eigenvalue weighted by Gasteiger charge is 2.18. The highest BCUT2D eigenvalue weighted by atomic mass is 32.2. The van der Waals surface area contributed by atoms with Gasteiger partial charge in [-0.2, -0.15) is 5.10 Å². The topological polar surface area (TPSA) is 94.7 Å². The van der Waals surface area contributed by atoms with Crippen molar-refractivity contribution in [3.05, 3.63) is 38.7 Å². The van der Waals surface area contributed by atoms with Crippen LogP contribution in [0.5, 0.6) is 0 Å². The minimum atomic E-state index is -0.323. The van der Waals surface area contributed by atoms with Gasteiger partial charge in [-0.3, -0.25) is 14.7 Å². The number of nitrogens with zero attached hydrogens (tertiary/aromatic N) is 5. The first-order chi connectivity index (χ1) is 13.2. The van der Waals surface area contributed by atoms with Gasteiger partial charge in [-0.15, -0.1) is 21.5 Å². The highest BCUT2D eigenvalue weighted by Crippen LogP contribution is 2.29. The van der Waals surface area contributed by atoms with Crippen LogP contribution in [0.1, 0.15) is 30.0 Å². The number of aromatic nitrogens is 5. The second-order valence-corrected chi connectivity index (χ2v) is 9.34. The SMILES string of the molecule is O=C(Cn1nc2n(c1=O)CCCCC2)Nc1nnc(SCc2cccs2)s1. The normalized spacial score (nSPS) is 13.9. The molecule has 4 heterocycles. The minimum absolute atomic E-state index is 0.115. The Bertz CT molecular complexity index is 975. The van der Waals surface area contributed by atoms with E-state index in [0.29, 0.717) is 11.7 Å². The second kappa shape index (κ2) is 8.36. The van der Waals surface area contributed by atoms with Crippen molar-refractivity contribution in [3.8, 4) is 0 Å². The molecule has 0 fully saturated rings. The largest absolute Gasteiger partial charge is 0.346 e. The molecule has 0 unspecified atom stereocenters. The molecule has 0 atom stereocenters. The number of nitrogens with one attached hydrogen (secondary N) is 1. The third kappa shape index (κ3) is 4.47. The lowest BCUT2D eigenvalue weighted by molar-refractivity contribution is -0.117. The molecule has 142 valence electrons. The summed E-state index contributed by atoms with van der Waals surface area (Å²) in [4.78, 5) is 26.0. The van der Waals surface area contributed by atoms with E-state index in [0.717, 1.165) is 41.6 Å². The van der Waals surface area contributed by atoms with Crippen LogP contribution in [0.4, 0.5) is 5.13 Å². The predicted octanol–water partition coefficient (Wildman–Crippen LogP) is 2.62. The summed E-state index contributed by atoms with van der Waals surface area (Å²) < 4.78 is 3.72. The predicted molar refractivity (Wildman–Crippen MR) is 106 cm³/mol. The maximum Gasteiger partial charge on any atom is 0.346 e. The Morgan fingerprint density at radius 3 is 3.07 bits per heavy atom. The Balaban J connectivity index is 1.35. The Morgan fingerprint density at radius 1 is 1.30 bits per heavy atom. The van der Waals surface area contributed by atoms with Crippen molar-refractivity contribution in [1.29, 1.82) is 0 Å². The minimum Gasteiger partial charge on any atom is -0.299 e. The summed E-state index contributed by atoms with van der Waals surface area (Å²) in [6.45, 7) is 0.563. The molecule has 0 aliphatic carbocycles. The lowest BCUT2D eigenvalue weighted by Gasteiger charge is -2.00. The van der Waals surface area contributed by atoms with E-state index in [2.05, 4.69) is 26.7 Å². The summed E-state index contributed by atoms with van der Waals surface area (Å²) in [7, 11) is 0. The van der Waals surface area contributed by atoms with Gasteiger partial charge in [0, 0.05) is 23.6 Å². The quantitative estimate of drug-likeness (QED) is 0.485. The summed E-state index contributed by atoms with van der Waals surface area (Å²) in [6, 6.07) is 4.09. The van der Waals surface area contributed by atoms with Crippen LogP contribution in [-0.4, -0.2) is 30.5 Å². The summed E-state index contributed by atoms with van der Waals surface area (Å²) in [5.41, 5.74) is -0.216. The monoisotopic (exact) mass is 422 g/mol. The third-order valence-corrected chi connectivity index (χ3v) is 7.23. The van der Waals surface area contributed by atoms with Crippen LogP contribution in [0, 0.1) is 0 Å². The second-order valence-electron chi connectivity index (χ2n) is 6.11. The zero-order valence-electron chi connectivity index (χ0n) is 14.5. The van der Waals surface area contributed by atoms with Crippen LogP contribution in [0.3, 0.4) is 0 Å². The van der Waals surface area contributed by atoms with E-state index in [1.165, 1.54) is 20.9 Å². The molecule has 0 saturated heterocycles. The highest BCUT2D eigenvalue weighted by molar-refractivity contribution is 8.00.